The van der Waals surface area contributed by atoms with Gasteiger partial charge < -0.3 is 0 Å². The number of hydrogen-bond donors (Lipinski definition) is 0. The van der Waals surface area contributed by atoms with Gasteiger partial charge in [0.25, 0.3) is 0 Å². The third-order valence-electron chi connectivity index (χ3n) is 3.49. The lowest BCUT2D eigenvalue weighted by Crippen LogP contribution is -2.05. The molecule has 0 spiro atoms. The standard InChI is InChI=1S/C18H14BrNO/c1-12-6-7-14(10-16(12)19)18(21)11-15-9-8-13-4-2-3-5-17(13)20-15/h2-10H,11H2,1H3. The van der Waals surface area contributed by atoms with Crippen molar-refractivity contribution in [2.75, 3.05) is 0 Å². The SMILES string of the molecule is Cc1ccc(C(=O)Cc2ccc3ccccc3n2)cc1Br. The Morgan fingerprint density at radius 2 is 1.90 bits per heavy atom. The number of fused-ring (bicyclic) bond motifs is 1. The van der Waals surface area contributed by atoms with Gasteiger partial charge in [-0.2, -0.15) is 0 Å². The van der Waals surface area contributed by atoms with Gasteiger partial charge >= 0.3 is 0 Å². The average molecular weight is 340 g/mol. The van der Waals surface area contributed by atoms with E-state index in [0.717, 1.165) is 26.6 Å². The molecule has 2 nitrogen and oxygen atoms in total. The van der Waals surface area contributed by atoms with E-state index in [-0.39, 0.29) is 5.78 Å². The maximum Gasteiger partial charge on any atom is 0.168 e. The summed E-state index contributed by atoms with van der Waals surface area (Å²) in [6.07, 6.45) is 0.320. The van der Waals surface area contributed by atoms with Crippen LogP contribution in [0.3, 0.4) is 0 Å². The number of aromatic nitrogens is 1. The fraction of sp³-hybridized carbons (Fsp3) is 0.111. The highest BCUT2D eigenvalue weighted by Crippen LogP contribution is 2.19. The molecule has 0 radical (unpaired) electrons. The highest BCUT2D eigenvalue weighted by Gasteiger charge is 2.10. The highest BCUT2D eigenvalue weighted by molar-refractivity contribution is 9.10. The summed E-state index contributed by atoms with van der Waals surface area (Å²) in [5, 5.41) is 1.09. The molecular weight excluding hydrogens is 326 g/mol. The Hall–Kier alpha value is -2.00. The van der Waals surface area contributed by atoms with Gasteiger partial charge in [-0.15, -0.1) is 0 Å². The summed E-state index contributed by atoms with van der Waals surface area (Å²) in [7, 11) is 0. The Bertz CT molecular complexity index is 826. The number of benzene rings is 2. The number of carbonyl (C=O) groups is 1. The molecule has 0 saturated carbocycles. The normalized spacial score (nSPS) is 10.8. The molecule has 0 fully saturated rings. The Morgan fingerprint density at radius 3 is 2.71 bits per heavy atom. The lowest BCUT2D eigenvalue weighted by molar-refractivity contribution is 0.0992. The molecule has 0 atom stereocenters. The van der Waals surface area contributed by atoms with Crippen molar-refractivity contribution < 1.29 is 4.79 Å². The number of carbonyl (C=O) groups excluding carboxylic acids is 1. The number of para-hydroxylation sites is 1. The summed E-state index contributed by atoms with van der Waals surface area (Å²) in [6, 6.07) is 17.5. The quantitative estimate of drug-likeness (QED) is 0.645. The van der Waals surface area contributed by atoms with Crippen molar-refractivity contribution in [1.29, 1.82) is 0 Å². The summed E-state index contributed by atoms with van der Waals surface area (Å²) in [4.78, 5) is 16.9. The first-order valence-electron chi connectivity index (χ1n) is 6.77. The van der Waals surface area contributed by atoms with E-state index in [1.807, 2.05) is 61.5 Å². The molecule has 0 aliphatic rings. The van der Waals surface area contributed by atoms with Crippen molar-refractivity contribution in [3.63, 3.8) is 0 Å². The van der Waals surface area contributed by atoms with Crippen molar-refractivity contribution in [3.05, 3.63) is 75.9 Å². The van der Waals surface area contributed by atoms with Crippen molar-refractivity contribution in [2.45, 2.75) is 13.3 Å². The van der Waals surface area contributed by atoms with Crippen LogP contribution in [0.5, 0.6) is 0 Å². The van der Waals surface area contributed by atoms with Crippen LogP contribution in [0.4, 0.5) is 0 Å². The van der Waals surface area contributed by atoms with E-state index in [4.69, 9.17) is 0 Å². The number of hydrogen-bond acceptors (Lipinski definition) is 2. The van der Waals surface area contributed by atoms with Crippen LogP contribution in [-0.4, -0.2) is 10.8 Å². The number of pyridine rings is 1. The summed E-state index contributed by atoms with van der Waals surface area (Å²) in [6.45, 7) is 2.00. The first-order chi connectivity index (χ1) is 10.1. The second-order valence-electron chi connectivity index (χ2n) is 5.06. The second kappa shape index (κ2) is 5.78. The molecule has 1 heterocycles. The molecule has 0 aliphatic carbocycles. The number of aryl methyl sites for hydroxylation is 1. The number of ketones is 1. The fourth-order valence-corrected chi connectivity index (χ4v) is 2.62. The van der Waals surface area contributed by atoms with E-state index in [0.29, 0.717) is 12.0 Å². The minimum absolute atomic E-state index is 0.0819. The van der Waals surface area contributed by atoms with Crippen molar-refractivity contribution in [2.24, 2.45) is 0 Å². The lowest BCUT2D eigenvalue weighted by atomic mass is 10.0. The van der Waals surface area contributed by atoms with Gasteiger partial charge in [-0.1, -0.05) is 52.3 Å². The highest BCUT2D eigenvalue weighted by atomic mass is 79.9. The lowest BCUT2D eigenvalue weighted by Gasteiger charge is -2.05. The molecular formula is C18H14BrNO. The minimum Gasteiger partial charge on any atom is -0.294 e. The van der Waals surface area contributed by atoms with Crippen LogP contribution < -0.4 is 0 Å². The zero-order valence-corrected chi connectivity index (χ0v) is 13.2. The zero-order valence-electron chi connectivity index (χ0n) is 11.6. The fourth-order valence-electron chi connectivity index (χ4n) is 2.24. The molecule has 0 N–H and O–H groups in total. The topological polar surface area (TPSA) is 30.0 Å². The molecule has 0 unspecified atom stereocenters. The first-order valence-corrected chi connectivity index (χ1v) is 7.57. The molecule has 0 saturated heterocycles. The molecule has 2 aromatic carbocycles. The van der Waals surface area contributed by atoms with Gasteiger partial charge in [0.15, 0.2) is 5.78 Å². The molecule has 0 amide bonds. The van der Waals surface area contributed by atoms with Crippen LogP contribution in [0.15, 0.2) is 59.1 Å². The Labute approximate surface area is 132 Å². The molecule has 0 bridgehead atoms. The van der Waals surface area contributed by atoms with E-state index in [1.165, 1.54) is 0 Å². The monoisotopic (exact) mass is 339 g/mol. The van der Waals surface area contributed by atoms with Crippen LogP contribution in [0, 0.1) is 6.92 Å². The van der Waals surface area contributed by atoms with Crippen LogP contribution in [0.25, 0.3) is 10.9 Å². The zero-order chi connectivity index (χ0) is 14.8. The van der Waals surface area contributed by atoms with Gasteiger partial charge in [0.1, 0.15) is 0 Å². The van der Waals surface area contributed by atoms with Crippen LogP contribution in [0.2, 0.25) is 0 Å². The number of Topliss-reactive ketones (excluding diaryl/α,β-unsaturated/α-hetero) is 1. The molecule has 21 heavy (non-hydrogen) atoms. The number of rotatable bonds is 3. The van der Waals surface area contributed by atoms with Crippen LogP contribution in [0.1, 0.15) is 21.6 Å². The van der Waals surface area contributed by atoms with E-state index >= 15 is 0 Å². The smallest absolute Gasteiger partial charge is 0.168 e. The van der Waals surface area contributed by atoms with Gasteiger partial charge in [0, 0.05) is 21.1 Å². The van der Waals surface area contributed by atoms with Crippen LogP contribution >= 0.6 is 15.9 Å². The summed E-state index contributed by atoms with van der Waals surface area (Å²) >= 11 is 3.46. The second-order valence-corrected chi connectivity index (χ2v) is 5.91. The minimum atomic E-state index is 0.0819. The molecule has 104 valence electrons. The Morgan fingerprint density at radius 1 is 1.10 bits per heavy atom. The largest absolute Gasteiger partial charge is 0.294 e. The number of nitrogens with zero attached hydrogens (tertiary/aromatic N) is 1. The summed E-state index contributed by atoms with van der Waals surface area (Å²) in [5.41, 5.74) is 3.56. The van der Waals surface area contributed by atoms with E-state index in [9.17, 15) is 4.79 Å². The third kappa shape index (κ3) is 3.03. The van der Waals surface area contributed by atoms with E-state index in [2.05, 4.69) is 20.9 Å². The summed E-state index contributed by atoms with van der Waals surface area (Å²) < 4.78 is 0.958. The van der Waals surface area contributed by atoms with E-state index in [1.54, 1.807) is 0 Å². The van der Waals surface area contributed by atoms with Gasteiger partial charge in [-0.05, 0) is 30.7 Å². The number of halogens is 1. The predicted molar refractivity (Wildman–Crippen MR) is 88.7 cm³/mol. The van der Waals surface area contributed by atoms with Crippen molar-refractivity contribution >= 4 is 32.6 Å². The maximum absolute atomic E-state index is 12.4. The molecule has 1 aromatic heterocycles. The molecule has 3 heteroatoms. The van der Waals surface area contributed by atoms with Gasteiger partial charge in [0.05, 0.1) is 11.9 Å². The van der Waals surface area contributed by atoms with Gasteiger partial charge in [-0.3, -0.25) is 9.78 Å². The predicted octanol–water partition coefficient (Wildman–Crippen LogP) is 4.73. The third-order valence-corrected chi connectivity index (χ3v) is 4.35. The van der Waals surface area contributed by atoms with Crippen molar-refractivity contribution in [3.8, 4) is 0 Å². The van der Waals surface area contributed by atoms with Crippen molar-refractivity contribution in [1.82, 2.24) is 4.98 Å². The van der Waals surface area contributed by atoms with E-state index < -0.39 is 0 Å². The Balaban J connectivity index is 1.87. The summed E-state index contributed by atoms with van der Waals surface area (Å²) in [5.74, 6) is 0.0819. The maximum atomic E-state index is 12.4. The van der Waals surface area contributed by atoms with Gasteiger partial charge in [-0.25, -0.2) is 0 Å². The molecule has 3 rings (SSSR count). The van der Waals surface area contributed by atoms with Gasteiger partial charge in [0.2, 0.25) is 0 Å². The Kier molecular flexibility index (Phi) is 3.84. The molecule has 3 aromatic rings. The molecule has 0 aliphatic heterocycles. The first kappa shape index (κ1) is 14.0. The average Bonchev–Trinajstić information content (AvgIpc) is 2.50. The van der Waals surface area contributed by atoms with Crippen LogP contribution in [-0.2, 0) is 6.42 Å².